The van der Waals surface area contributed by atoms with Gasteiger partial charge in [0.1, 0.15) is 0 Å². The van der Waals surface area contributed by atoms with Crippen LogP contribution in [-0.2, 0) is 12.6 Å². The summed E-state index contributed by atoms with van der Waals surface area (Å²) in [6.45, 7) is 10.5. The number of hydrogen-bond donors (Lipinski definition) is 0. The molecule has 3 rings (SSSR count). The molecule has 0 aliphatic rings. The molecule has 3 aromatic rings. The van der Waals surface area contributed by atoms with E-state index < -0.39 is 0 Å². The van der Waals surface area contributed by atoms with Gasteiger partial charge in [-0.25, -0.2) is 0 Å². The minimum absolute atomic E-state index is 0.0476. The van der Waals surface area contributed by atoms with Crippen LogP contribution in [0.5, 0.6) is 0 Å². The number of aryl methyl sites for hydroxylation is 1. The molecule has 1 aromatic carbocycles. The van der Waals surface area contributed by atoms with E-state index in [-0.39, 0.29) is 11.3 Å². The summed E-state index contributed by atoms with van der Waals surface area (Å²) in [6.07, 6.45) is 0. The molecular weight excluding hydrogens is 356 g/mol. The van der Waals surface area contributed by atoms with E-state index in [9.17, 15) is 4.79 Å². The third-order valence-corrected chi connectivity index (χ3v) is 5.62. The SMILES string of the molecule is Cc1cc(C(=O)CSc2nnc(-c3ccccc3)n2C)c(C)n1C(C)(C)C. The Morgan fingerprint density at radius 3 is 2.37 bits per heavy atom. The van der Waals surface area contributed by atoms with Crippen molar-refractivity contribution >= 4 is 17.5 Å². The second-order valence-corrected chi connectivity index (χ2v) is 8.68. The number of rotatable bonds is 5. The van der Waals surface area contributed by atoms with E-state index in [1.165, 1.54) is 11.8 Å². The van der Waals surface area contributed by atoms with E-state index in [1.807, 2.05) is 54.9 Å². The molecule has 2 heterocycles. The van der Waals surface area contributed by atoms with Crippen molar-refractivity contribution in [1.82, 2.24) is 19.3 Å². The molecule has 6 heteroatoms. The van der Waals surface area contributed by atoms with E-state index in [4.69, 9.17) is 0 Å². The lowest BCUT2D eigenvalue weighted by Crippen LogP contribution is -2.24. The van der Waals surface area contributed by atoms with Crippen molar-refractivity contribution in [3.8, 4) is 11.4 Å². The van der Waals surface area contributed by atoms with Crippen molar-refractivity contribution < 1.29 is 4.79 Å². The highest BCUT2D eigenvalue weighted by Crippen LogP contribution is 2.27. The lowest BCUT2D eigenvalue weighted by atomic mass is 10.1. The van der Waals surface area contributed by atoms with Crippen LogP contribution < -0.4 is 0 Å². The highest BCUT2D eigenvalue weighted by atomic mass is 32.2. The van der Waals surface area contributed by atoms with Crippen molar-refractivity contribution in [1.29, 1.82) is 0 Å². The van der Waals surface area contributed by atoms with Gasteiger partial charge in [0.05, 0.1) is 5.75 Å². The fourth-order valence-electron chi connectivity index (χ4n) is 3.56. The highest BCUT2D eigenvalue weighted by molar-refractivity contribution is 7.99. The summed E-state index contributed by atoms with van der Waals surface area (Å²) in [5.41, 5.74) is 3.89. The smallest absolute Gasteiger partial charge is 0.191 e. The maximum absolute atomic E-state index is 12.8. The third kappa shape index (κ3) is 3.86. The molecule has 0 unspecified atom stereocenters. The van der Waals surface area contributed by atoms with Crippen LogP contribution in [0.3, 0.4) is 0 Å². The molecule has 2 aromatic heterocycles. The average molecular weight is 383 g/mol. The lowest BCUT2D eigenvalue weighted by molar-refractivity contribution is 0.102. The Morgan fingerprint density at radius 1 is 1.11 bits per heavy atom. The third-order valence-electron chi connectivity index (χ3n) is 4.60. The quantitative estimate of drug-likeness (QED) is 0.477. The molecule has 0 saturated heterocycles. The number of Topliss-reactive ketones (excluding diaryl/α,β-unsaturated/α-hetero) is 1. The van der Waals surface area contributed by atoms with Gasteiger partial charge in [-0.05, 0) is 40.7 Å². The number of aromatic nitrogens is 4. The molecule has 0 radical (unpaired) electrons. The zero-order valence-electron chi connectivity index (χ0n) is 16.8. The van der Waals surface area contributed by atoms with Gasteiger partial charge >= 0.3 is 0 Å². The van der Waals surface area contributed by atoms with Crippen LogP contribution in [0, 0.1) is 13.8 Å². The number of carbonyl (C=O) groups is 1. The Morgan fingerprint density at radius 2 is 1.78 bits per heavy atom. The van der Waals surface area contributed by atoms with E-state index in [0.717, 1.165) is 33.5 Å². The second kappa shape index (κ2) is 7.35. The summed E-state index contributed by atoms with van der Waals surface area (Å²) < 4.78 is 4.16. The van der Waals surface area contributed by atoms with Crippen molar-refractivity contribution in [3.05, 3.63) is 53.3 Å². The first-order valence-electron chi connectivity index (χ1n) is 9.00. The van der Waals surface area contributed by atoms with Crippen molar-refractivity contribution in [2.24, 2.45) is 7.05 Å². The summed E-state index contributed by atoms with van der Waals surface area (Å²) in [5, 5.41) is 9.28. The van der Waals surface area contributed by atoms with Gasteiger partial charge in [-0.3, -0.25) is 4.79 Å². The topological polar surface area (TPSA) is 52.7 Å². The first kappa shape index (κ1) is 19.4. The summed E-state index contributed by atoms with van der Waals surface area (Å²) >= 11 is 1.43. The molecule has 0 bridgehead atoms. The van der Waals surface area contributed by atoms with Crippen molar-refractivity contribution in [2.75, 3.05) is 5.75 Å². The number of nitrogens with zero attached hydrogens (tertiary/aromatic N) is 4. The van der Waals surface area contributed by atoms with E-state index >= 15 is 0 Å². The van der Waals surface area contributed by atoms with Gasteiger partial charge in [-0.2, -0.15) is 0 Å². The van der Waals surface area contributed by atoms with E-state index in [2.05, 4.69) is 42.5 Å². The minimum atomic E-state index is -0.0476. The molecule has 0 saturated carbocycles. The Kier molecular flexibility index (Phi) is 5.29. The molecule has 27 heavy (non-hydrogen) atoms. The van der Waals surface area contributed by atoms with Crippen LogP contribution >= 0.6 is 11.8 Å². The predicted octanol–water partition coefficient (Wildman–Crippen LogP) is 4.63. The van der Waals surface area contributed by atoms with Crippen molar-refractivity contribution in [3.63, 3.8) is 0 Å². The zero-order valence-corrected chi connectivity index (χ0v) is 17.6. The Bertz CT molecular complexity index is 964. The van der Waals surface area contributed by atoms with Crippen LogP contribution in [0.2, 0.25) is 0 Å². The normalized spacial score (nSPS) is 11.8. The molecule has 0 fully saturated rings. The standard InChI is InChI=1S/C21H26N4OS/c1-14-12-17(15(2)25(14)21(3,4)5)18(26)13-27-20-23-22-19(24(20)6)16-10-8-7-9-11-16/h7-12H,13H2,1-6H3. The summed E-state index contributed by atoms with van der Waals surface area (Å²) in [7, 11) is 1.93. The second-order valence-electron chi connectivity index (χ2n) is 7.73. The Labute approximate surface area is 164 Å². The number of hydrogen-bond acceptors (Lipinski definition) is 4. The van der Waals surface area contributed by atoms with Gasteiger partial charge in [0.15, 0.2) is 16.8 Å². The zero-order chi connectivity index (χ0) is 19.8. The van der Waals surface area contributed by atoms with E-state index in [1.54, 1.807) is 0 Å². The lowest BCUT2D eigenvalue weighted by Gasteiger charge is -2.25. The number of ketones is 1. The van der Waals surface area contributed by atoms with Gasteiger partial charge in [-0.1, -0.05) is 42.1 Å². The van der Waals surface area contributed by atoms with Crippen molar-refractivity contribution in [2.45, 2.75) is 45.3 Å². The van der Waals surface area contributed by atoms with Crippen LogP contribution in [-0.4, -0.2) is 30.9 Å². The van der Waals surface area contributed by atoms with Crippen LogP contribution in [0.1, 0.15) is 42.5 Å². The van der Waals surface area contributed by atoms with Crippen LogP contribution in [0.25, 0.3) is 11.4 Å². The number of thioether (sulfide) groups is 1. The molecule has 0 aliphatic carbocycles. The first-order valence-corrected chi connectivity index (χ1v) is 9.99. The molecular formula is C21H26N4OS. The minimum Gasteiger partial charge on any atom is -0.343 e. The fourth-order valence-corrected chi connectivity index (χ4v) is 4.36. The predicted molar refractivity (Wildman–Crippen MR) is 110 cm³/mol. The van der Waals surface area contributed by atoms with Crippen LogP contribution in [0.4, 0.5) is 0 Å². The average Bonchev–Trinajstić information content (AvgIpc) is 3.12. The van der Waals surface area contributed by atoms with Crippen LogP contribution in [0.15, 0.2) is 41.6 Å². The molecule has 0 amide bonds. The monoisotopic (exact) mass is 382 g/mol. The van der Waals surface area contributed by atoms with Gasteiger partial charge in [-0.15, -0.1) is 10.2 Å². The Balaban J connectivity index is 1.77. The Hall–Kier alpha value is -2.34. The van der Waals surface area contributed by atoms with E-state index in [0.29, 0.717) is 5.75 Å². The highest BCUT2D eigenvalue weighted by Gasteiger charge is 2.23. The number of benzene rings is 1. The molecule has 0 aliphatic heterocycles. The number of carbonyl (C=O) groups excluding carboxylic acids is 1. The summed E-state index contributed by atoms with van der Waals surface area (Å²) in [6, 6.07) is 11.9. The van der Waals surface area contributed by atoms with Gasteiger partial charge in [0, 0.05) is 35.1 Å². The van der Waals surface area contributed by atoms with Gasteiger partial charge in [0.2, 0.25) is 0 Å². The first-order chi connectivity index (χ1) is 12.7. The maximum atomic E-state index is 12.8. The molecule has 5 nitrogen and oxygen atoms in total. The molecule has 0 N–H and O–H groups in total. The fraction of sp³-hybridized carbons (Fsp3) is 0.381. The van der Waals surface area contributed by atoms with Gasteiger partial charge < -0.3 is 9.13 Å². The van der Waals surface area contributed by atoms with Gasteiger partial charge in [0.25, 0.3) is 0 Å². The maximum Gasteiger partial charge on any atom is 0.191 e. The largest absolute Gasteiger partial charge is 0.343 e. The summed E-state index contributed by atoms with van der Waals surface area (Å²) in [5.74, 6) is 1.26. The molecule has 0 atom stereocenters. The molecule has 142 valence electrons. The summed E-state index contributed by atoms with van der Waals surface area (Å²) in [4.78, 5) is 12.8. The molecule has 0 spiro atoms.